The number of piperazine rings is 1. The van der Waals surface area contributed by atoms with E-state index in [0.717, 1.165) is 52.4 Å². The average Bonchev–Trinajstić information content (AvgIpc) is 3.19. The van der Waals surface area contributed by atoms with Gasteiger partial charge in [0.05, 0.1) is 17.9 Å². The molecule has 0 amide bonds. The van der Waals surface area contributed by atoms with Gasteiger partial charge in [-0.25, -0.2) is 4.98 Å². The summed E-state index contributed by atoms with van der Waals surface area (Å²) in [4.78, 5) is 12.2. The highest BCUT2D eigenvalue weighted by Crippen LogP contribution is 2.27. The number of aryl methyl sites for hydroxylation is 1. The Bertz CT molecular complexity index is 711. The van der Waals surface area contributed by atoms with Crippen LogP contribution in [-0.2, 0) is 26.7 Å². The molecule has 0 bridgehead atoms. The predicted octanol–water partition coefficient (Wildman–Crippen LogP) is 0.941. The topological polar surface area (TPSA) is 45.4 Å². The Morgan fingerprint density at radius 1 is 1.00 bits per heavy atom. The molecule has 0 unspecified atom stereocenters. The molecule has 0 N–H and O–H groups in total. The van der Waals surface area contributed by atoms with Crippen LogP contribution in [-0.4, -0.2) is 73.8 Å². The van der Waals surface area contributed by atoms with Gasteiger partial charge in [0, 0.05) is 77.4 Å². The van der Waals surface area contributed by atoms with E-state index in [9.17, 15) is 0 Å². The molecule has 0 saturated carbocycles. The van der Waals surface area contributed by atoms with Gasteiger partial charge in [0.25, 0.3) is 0 Å². The van der Waals surface area contributed by atoms with Gasteiger partial charge >= 0.3 is 0 Å². The molecule has 2 aromatic rings. The summed E-state index contributed by atoms with van der Waals surface area (Å²) in [5, 5.41) is 4.29. The van der Waals surface area contributed by atoms with E-state index in [1.165, 1.54) is 17.1 Å². The third-order valence-electron chi connectivity index (χ3n) is 5.63. The second-order valence-electron chi connectivity index (χ2n) is 7.51. The van der Waals surface area contributed by atoms with Gasteiger partial charge in [-0.15, -0.1) is 0 Å². The van der Waals surface area contributed by atoms with Crippen molar-refractivity contribution in [3.8, 4) is 0 Å². The third kappa shape index (κ3) is 3.49. The fourth-order valence-corrected chi connectivity index (χ4v) is 3.97. The van der Waals surface area contributed by atoms with Crippen LogP contribution < -0.4 is 0 Å². The Morgan fingerprint density at radius 2 is 1.80 bits per heavy atom. The van der Waals surface area contributed by atoms with Gasteiger partial charge in [0.2, 0.25) is 0 Å². The van der Waals surface area contributed by atoms with E-state index < -0.39 is 0 Å². The van der Waals surface area contributed by atoms with Crippen LogP contribution in [0, 0.1) is 0 Å². The van der Waals surface area contributed by atoms with Crippen LogP contribution in [0.5, 0.6) is 0 Å². The van der Waals surface area contributed by atoms with E-state index in [1.807, 2.05) is 17.9 Å². The molecular formula is C18H29N7. The van der Waals surface area contributed by atoms with E-state index in [-0.39, 0.29) is 0 Å². The van der Waals surface area contributed by atoms with Gasteiger partial charge in [-0.2, -0.15) is 5.10 Å². The first-order valence-corrected chi connectivity index (χ1v) is 9.27. The van der Waals surface area contributed by atoms with Crippen LogP contribution in [0.25, 0.3) is 0 Å². The van der Waals surface area contributed by atoms with E-state index in [2.05, 4.69) is 50.7 Å². The molecule has 7 nitrogen and oxygen atoms in total. The van der Waals surface area contributed by atoms with Crippen LogP contribution >= 0.6 is 0 Å². The molecule has 1 atom stereocenters. The summed E-state index contributed by atoms with van der Waals surface area (Å²) < 4.78 is 4.32. The SMILES string of the molecule is C[C@@H]1c2ncc(CN3CCN(C)CC3)n2CCN1Cc1cnn(C)c1. The van der Waals surface area contributed by atoms with Gasteiger partial charge < -0.3 is 9.47 Å². The lowest BCUT2D eigenvalue weighted by atomic mass is 10.2. The fourth-order valence-electron chi connectivity index (χ4n) is 3.97. The molecule has 2 aromatic heterocycles. The molecule has 25 heavy (non-hydrogen) atoms. The molecule has 0 spiro atoms. The Labute approximate surface area is 149 Å². The average molecular weight is 343 g/mol. The van der Waals surface area contributed by atoms with Gasteiger partial charge in [-0.3, -0.25) is 14.5 Å². The maximum Gasteiger partial charge on any atom is 0.126 e. The summed E-state index contributed by atoms with van der Waals surface area (Å²) in [7, 11) is 4.18. The van der Waals surface area contributed by atoms with E-state index >= 15 is 0 Å². The summed E-state index contributed by atoms with van der Waals surface area (Å²) in [6.45, 7) is 11.0. The first-order valence-electron chi connectivity index (χ1n) is 9.27. The summed E-state index contributed by atoms with van der Waals surface area (Å²) in [6, 6.07) is 0.343. The Kier molecular flexibility index (Phi) is 4.62. The zero-order valence-corrected chi connectivity index (χ0v) is 15.6. The fraction of sp³-hybridized carbons (Fsp3) is 0.667. The van der Waals surface area contributed by atoms with Crippen molar-refractivity contribution < 1.29 is 0 Å². The van der Waals surface area contributed by atoms with Crippen molar-refractivity contribution in [1.29, 1.82) is 0 Å². The minimum atomic E-state index is 0.343. The Hall–Kier alpha value is -1.70. The maximum absolute atomic E-state index is 4.78. The van der Waals surface area contributed by atoms with Crippen molar-refractivity contribution in [1.82, 2.24) is 34.0 Å². The zero-order chi connectivity index (χ0) is 17.4. The van der Waals surface area contributed by atoms with E-state index in [4.69, 9.17) is 4.98 Å². The lowest BCUT2D eigenvalue weighted by Gasteiger charge is -2.35. The van der Waals surface area contributed by atoms with Gasteiger partial charge in [-0.1, -0.05) is 0 Å². The predicted molar refractivity (Wildman–Crippen MR) is 97.0 cm³/mol. The number of imidazole rings is 1. The quantitative estimate of drug-likeness (QED) is 0.827. The molecule has 7 heteroatoms. The lowest BCUT2D eigenvalue weighted by molar-refractivity contribution is 0.136. The zero-order valence-electron chi connectivity index (χ0n) is 15.6. The molecule has 2 aliphatic heterocycles. The summed E-state index contributed by atoms with van der Waals surface area (Å²) in [5.41, 5.74) is 2.64. The Balaban J connectivity index is 1.43. The van der Waals surface area contributed by atoms with Crippen LogP contribution in [0.4, 0.5) is 0 Å². The largest absolute Gasteiger partial charge is 0.328 e. The number of likely N-dealkylation sites (N-methyl/N-ethyl adjacent to an activating group) is 1. The highest BCUT2D eigenvalue weighted by Gasteiger charge is 2.28. The highest BCUT2D eigenvalue weighted by molar-refractivity contribution is 5.13. The minimum absolute atomic E-state index is 0.343. The van der Waals surface area contributed by atoms with Crippen molar-refractivity contribution in [3.63, 3.8) is 0 Å². The van der Waals surface area contributed by atoms with Crippen molar-refractivity contribution in [3.05, 3.63) is 35.7 Å². The van der Waals surface area contributed by atoms with Crippen LogP contribution in [0.3, 0.4) is 0 Å². The van der Waals surface area contributed by atoms with Gasteiger partial charge in [0.15, 0.2) is 0 Å². The van der Waals surface area contributed by atoms with Crippen molar-refractivity contribution in [2.24, 2.45) is 7.05 Å². The number of hydrogen-bond acceptors (Lipinski definition) is 5. The summed E-state index contributed by atoms with van der Waals surface area (Å²) >= 11 is 0. The molecule has 0 radical (unpaired) electrons. The summed E-state index contributed by atoms with van der Waals surface area (Å²) in [5.74, 6) is 1.21. The van der Waals surface area contributed by atoms with Crippen molar-refractivity contribution in [2.45, 2.75) is 32.6 Å². The molecule has 0 aromatic carbocycles. The van der Waals surface area contributed by atoms with E-state index in [0.29, 0.717) is 6.04 Å². The summed E-state index contributed by atoms with van der Waals surface area (Å²) in [6.07, 6.45) is 6.16. The van der Waals surface area contributed by atoms with Crippen molar-refractivity contribution in [2.75, 3.05) is 39.8 Å². The molecule has 1 saturated heterocycles. The number of fused-ring (bicyclic) bond motifs is 1. The van der Waals surface area contributed by atoms with E-state index in [1.54, 1.807) is 0 Å². The molecular weight excluding hydrogens is 314 g/mol. The third-order valence-corrected chi connectivity index (χ3v) is 5.63. The molecule has 4 heterocycles. The molecule has 2 aliphatic rings. The molecule has 136 valence electrons. The standard InChI is InChI=1S/C18H29N7/c1-15-18-19-11-17(14-23-6-4-21(2)5-7-23)25(18)9-8-24(15)13-16-10-20-22(3)12-16/h10-12,15H,4-9,13-14H2,1-3H3/t15-/m1/s1. The van der Waals surface area contributed by atoms with Crippen molar-refractivity contribution >= 4 is 0 Å². The smallest absolute Gasteiger partial charge is 0.126 e. The Morgan fingerprint density at radius 3 is 2.52 bits per heavy atom. The first-order chi connectivity index (χ1) is 12.1. The molecule has 4 rings (SSSR count). The van der Waals surface area contributed by atoms with Crippen LogP contribution in [0.1, 0.15) is 30.0 Å². The lowest BCUT2D eigenvalue weighted by Crippen LogP contribution is -2.44. The second kappa shape index (κ2) is 6.90. The highest BCUT2D eigenvalue weighted by atomic mass is 15.3. The van der Waals surface area contributed by atoms with Gasteiger partial charge in [0.1, 0.15) is 5.82 Å². The number of aromatic nitrogens is 4. The first kappa shape index (κ1) is 16.8. The number of hydrogen-bond donors (Lipinski definition) is 0. The normalized spacial score (nSPS) is 23.1. The van der Waals surface area contributed by atoms with Crippen LogP contribution in [0.2, 0.25) is 0 Å². The second-order valence-corrected chi connectivity index (χ2v) is 7.51. The molecule has 0 aliphatic carbocycles. The minimum Gasteiger partial charge on any atom is -0.328 e. The number of nitrogens with zero attached hydrogens (tertiary/aromatic N) is 7. The van der Waals surface area contributed by atoms with Gasteiger partial charge in [-0.05, 0) is 14.0 Å². The molecule has 1 fully saturated rings. The van der Waals surface area contributed by atoms with Crippen LogP contribution in [0.15, 0.2) is 18.6 Å². The monoisotopic (exact) mass is 343 g/mol. The maximum atomic E-state index is 4.78. The number of rotatable bonds is 4.